The van der Waals surface area contributed by atoms with E-state index < -0.39 is 5.92 Å². The van der Waals surface area contributed by atoms with Crippen LogP contribution in [0.3, 0.4) is 0 Å². The molecule has 156 valence electrons. The van der Waals surface area contributed by atoms with Crippen LogP contribution in [0.2, 0.25) is 0 Å². The lowest BCUT2D eigenvalue weighted by atomic mass is 9.65. The zero-order chi connectivity index (χ0) is 21.1. The largest absolute Gasteiger partial charge is 0.310 e. The van der Waals surface area contributed by atoms with Crippen molar-refractivity contribution in [3.63, 3.8) is 0 Å². The van der Waals surface area contributed by atoms with Crippen molar-refractivity contribution >= 4 is 9.24 Å². The van der Waals surface area contributed by atoms with E-state index in [1.54, 1.807) is 12.1 Å². The maximum Gasteiger partial charge on any atom is 0.270 e. The second-order valence-electron chi connectivity index (χ2n) is 8.73. The molecule has 1 aliphatic rings. The second-order valence-corrected chi connectivity index (χ2v) is 9.14. The Morgan fingerprint density at radius 2 is 1.96 bits per heavy atom. The normalized spacial score (nSPS) is 25.9. The summed E-state index contributed by atoms with van der Waals surface area (Å²) in [5.41, 5.74) is 2.21. The third-order valence-electron chi connectivity index (χ3n) is 6.96. The molecular weight excluding hydrogens is 371 g/mol. The van der Waals surface area contributed by atoms with Crippen LogP contribution in [0.4, 0.5) is 8.78 Å². The summed E-state index contributed by atoms with van der Waals surface area (Å²) in [6.45, 7) is 15.6. The fourth-order valence-electron chi connectivity index (χ4n) is 4.95. The van der Waals surface area contributed by atoms with E-state index in [0.29, 0.717) is 17.9 Å². The summed E-state index contributed by atoms with van der Waals surface area (Å²) in [7, 11) is 2.73. The number of halogens is 2. The number of rotatable bonds is 9. The van der Waals surface area contributed by atoms with Gasteiger partial charge in [0.2, 0.25) is 0 Å². The molecule has 1 saturated carbocycles. The van der Waals surface area contributed by atoms with Crippen LogP contribution >= 0.6 is 9.24 Å². The van der Waals surface area contributed by atoms with Crippen molar-refractivity contribution in [1.29, 1.82) is 0 Å². The van der Waals surface area contributed by atoms with Crippen LogP contribution in [-0.4, -0.2) is 12.3 Å². The Labute approximate surface area is 172 Å². The van der Waals surface area contributed by atoms with Crippen LogP contribution in [0.1, 0.15) is 62.6 Å². The zero-order valence-corrected chi connectivity index (χ0v) is 18.9. The standard InChI is InChI=1S/C24H36F2NP/c1-7-13-23(5,8-2)17(4)19-11-12-21(27-15-28)22(19)20-14-18(24(6,25)26)10-9-16(20)3/h7-10,14,17,19,21-22,27H,1-2,11-13,15,28H2,3-6H3. The SMILES string of the molecule is C=CCC(C)(C=C)C(C)C1CCC(NCP)C1c1cc(C(C)(F)F)ccc1C. The van der Waals surface area contributed by atoms with E-state index in [0.717, 1.165) is 43.6 Å². The molecule has 2 rings (SSSR count). The first-order valence-electron chi connectivity index (χ1n) is 10.3. The van der Waals surface area contributed by atoms with Crippen molar-refractivity contribution in [3.05, 3.63) is 60.2 Å². The summed E-state index contributed by atoms with van der Waals surface area (Å²) >= 11 is 0. The van der Waals surface area contributed by atoms with Gasteiger partial charge in [-0.2, -0.15) is 0 Å². The molecule has 0 amide bonds. The van der Waals surface area contributed by atoms with Crippen molar-refractivity contribution < 1.29 is 8.78 Å². The molecule has 28 heavy (non-hydrogen) atoms. The van der Waals surface area contributed by atoms with Gasteiger partial charge in [0.05, 0.1) is 0 Å². The van der Waals surface area contributed by atoms with Gasteiger partial charge in [0.15, 0.2) is 0 Å². The van der Waals surface area contributed by atoms with E-state index in [2.05, 4.69) is 47.6 Å². The van der Waals surface area contributed by atoms with Crippen LogP contribution in [0.5, 0.6) is 0 Å². The van der Waals surface area contributed by atoms with E-state index in [1.807, 2.05) is 19.1 Å². The minimum Gasteiger partial charge on any atom is -0.310 e. The fraction of sp³-hybridized carbons (Fsp3) is 0.583. The second kappa shape index (κ2) is 9.18. The molecule has 1 nitrogen and oxygen atoms in total. The van der Waals surface area contributed by atoms with Crippen molar-refractivity contribution in [2.45, 2.75) is 64.8 Å². The average Bonchev–Trinajstić information content (AvgIpc) is 3.04. The van der Waals surface area contributed by atoms with Crippen LogP contribution in [-0.2, 0) is 5.92 Å². The van der Waals surface area contributed by atoms with Gasteiger partial charge >= 0.3 is 0 Å². The topological polar surface area (TPSA) is 12.0 Å². The van der Waals surface area contributed by atoms with Gasteiger partial charge in [0.25, 0.3) is 5.92 Å². The van der Waals surface area contributed by atoms with Crippen molar-refractivity contribution in [1.82, 2.24) is 5.32 Å². The molecule has 0 radical (unpaired) electrons. The quantitative estimate of drug-likeness (QED) is 0.351. The van der Waals surface area contributed by atoms with Gasteiger partial charge in [-0.3, -0.25) is 0 Å². The molecule has 1 fully saturated rings. The van der Waals surface area contributed by atoms with Gasteiger partial charge in [-0.25, -0.2) is 8.78 Å². The zero-order valence-electron chi connectivity index (χ0n) is 17.8. The maximum atomic E-state index is 14.1. The molecule has 1 N–H and O–H groups in total. The van der Waals surface area contributed by atoms with Gasteiger partial charge in [-0.15, -0.1) is 22.4 Å². The van der Waals surface area contributed by atoms with Crippen molar-refractivity contribution in [3.8, 4) is 0 Å². The molecule has 0 saturated heterocycles. The number of benzene rings is 1. The number of hydrogen-bond acceptors (Lipinski definition) is 1. The van der Waals surface area contributed by atoms with E-state index in [-0.39, 0.29) is 16.9 Å². The van der Waals surface area contributed by atoms with Gasteiger partial charge in [0, 0.05) is 30.7 Å². The Kier molecular flexibility index (Phi) is 7.62. The lowest BCUT2D eigenvalue weighted by Gasteiger charge is -2.40. The highest BCUT2D eigenvalue weighted by Gasteiger charge is 2.44. The lowest BCUT2D eigenvalue weighted by Crippen LogP contribution is -2.37. The number of alkyl halides is 2. The predicted octanol–water partition coefficient (Wildman–Crippen LogP) is 6.80. The summed E-state index contributed by atoms with van der Waals surface area (Å²) in [5, 5.41) is 3.59. The Morgan fingerprint density at radius 3 is 2.50 bits per heavy atom. The number of hydrogen-bond donors (Lipinski definition) is 1. The first-order chi connectivity index (χ1) is 13.1. The smallest absolute Gasteiger partial charge is 0.270 e. The molecular formula is C24H36F2NP. The molecule has 4 heteroatoms. The minimum atomic E-state index is -2.83. The average molecular weight is 408 g/mol. The van der Waals surface area contributed by atoms with Crippen molar-refractivity contribution in [2.24, 2.45) is 17.3 Å². The molecule has 1 aromatic rings. The maximum absolute atomic E-state index is 14.1. The van der Waals surface area contributed by atoms with E-state index >= 15 is 0 Å². The molecule has 6 atom stereocenters. The van der Waals surface area contributed by atoms with Gasteiger partial charge in [-0.05, 0) is 60.6 Å². The molecule has 0 spiro atoms. The van der Waals surface area contributed by atoms with Gasteiger partial charge in [-0.1, -0.05) is 38.1 Å². The third kappa shape index (κ3) is 4.74. The summed E-state index contributed by atoms with van der Waals surface area (Å²) in [5.74, 6) is -1.85. The first-order valence-corrected chi connectivity index (χ1v) is 11.1. The monoisotopic (exact) mass is 407 g/mol. The highest BCUT2D eigenvalue weighted by Crippen LogP contribution is 2.51. The number of allylic oxidation sites excluding steroid dienone is 2. The van der Waals surface area contributed by atoms with Gasteiger partial charge in [0.1, 0.15) is 0 Å². The van der Waals surface area contributed by atoms with Crippen LogP contribution in [0.15, 0.2) is 43.5 Å². The Hall–Kier alpha value is -1.05. The van der Waals surface area contributed by atoms with Crippen LogP contribution in [0, 0.1) is 24.2 Å². The molecule has 0 bridgehead atoms. The summed E-state index contributed by atoms with van der Waals surface area (Å²) < 4.78 is 28.1. The third-order valence-corrected chi connectivity index (χ3v) is 7.20. The van der Waals surface area contributed by atoms with Crippen LogP contribution < -0.4 is 5.32 Å². The first kappa shape index (κ1) is 23.2. The Morgan fingerprint density at radius 1 is 1.29 bits per heavy atom. The van der Waals surface area contributed by atoms with E-state index in [4.69, 9.17) is 0 Å². The molecule has 1 aromatic carbocycles. The summed E-state index contributed by atoms with van der Waals surface area (Å²) in [6.07, 6.45) is 7.83. The highest BCUT2D eigenvalue weighted by atomic mass is 31.0. The summed E-state index contributed by atoms with van der Waals surface area (Å²) in [4.78, 5) is 0. The molecule has 1 aliphatic carbocycles. The minimum absolute atomic E-state index is 0.0548. The fourth-order valence-corrected chi connectivity index (χ4v) is 5.25. The highest BCUT2D eigenvalue weighted by molar-refractivity contribution is 7.16. The van der Waals surface area contributed by atoms with Gasteiger partial charge < -0.3 is 5.32 Å². The molecule has 0 aliphatic heterocycles. The number of nitrogens with one attached hydrogen (secondary N) is 1. The number of aryl methyl sites for hydroxylation is 1. The van der Waals surface area contributed by atoms with E-state index in [1.165, 1.54) is 0 Å². The Bertz CT molecular complexity index is 696. The lowest BCUT2D eigenvalue weighted by molar-refractivity contribution is 0.0173. The Balaban J connectivity index is 2.52. The van der Waals surface area contributed by atoms with Crippen LogP contribution in [0.25, 0.3) is 0 Å². The van der Waals surface area contributed by atoms with Crippen molar-refractivity contribution in [2.75, 3.05) is 6.29 Å². The summed E-state index contributed by atoms with van der Waals surface area (Å²) in [6, 6.07) is 5.47. The predicted molar refractivity (Wildman–Crippen MR) is 120 cm³/mol. The van der Waals surface area contributed by atoms with E-state index in [9.17, 15) is 8.78 Å². The molecule has 0 heterocycles. The molecule has 6 unspecified atom stereocenters. The molecule has 0 aromatic heterocycles.